The summed E-state index contributed by atoms with van der Waals surface area (Å²) in [5, 5.41) is 7.53. The lowest BCUT2D eigenvalue weighted by molar-refractivity contribution is 1.30. The summed E-state index contributed by atoms with van der Waals surface area (Å²) in [6, 6.07) is 78.8. The van der Waals surface area contributed by atoms with Crippen LogP contribution in [0, 0.1) is 0 Å². The van der Waals surface area contributed by atoms with Crippen molar-refractivity contribution in [2.45, 2.75) is 0 Å². The molecule has 0 amide bonds. The zero-order chi connectivity index (χ0) is 39.3. The highest BCUT2D eigenvalue weighted by atomic mass is 32.1. The molecule has 2 aliphatic heterocycles. The van der Waals surface area contributed by atoms with E-state index in [0.717, 1.165) is 11.4 Å². The van der Waals surface area contributed by atoms with E-state index < -0.39 is 0 Å². The fourth-order valence-electron chi connectivity index (χ4n) is 10.2. The molecule has 11 aromatic rings. The number of hydrogen-bond donors (Lipinski definition) is 0. The molecule has 0 N–H and O–H groups in total. The minimum Gasteiger partial charge on any atom is -0.311 e. The Morgan fingerprint density at radius 3 is 1.83 bits per heavy atom. The van der Waals surface area contributed by atoms with Gasteiger partial charge in [0.25, 0.3) is 0 Å². The number of nitrogens with zero attached hydrogens (tertiary/aromatic N) is 2. The summed E-state index contributed by atoms with van der Waals surface area (Å²) in [7, 11) is 0. The number of benzene rings is 10. The number of hydrogen-bond acceptors (Lipinski definition) is 3. The lowest BCUT2D eigenvalue weighted by Crippen LogP contribution is -2.54. The molecule has 0 saturated carbocycles. The van der Waals surface area contributed by atoms with Crippen molar-refractivity contribution >= 4 is 110 Å². The second-order valence-corrected chi connectivity index (χ2v) is 17.1. The molecule has 0 spiro atoms. The highest BCUT2D eigenvalue weighted by Gasteiger charge is 2.43. The van der Waals surface area contributed by atoms with E-state index in [4.69, 9.17) is 0 Å². The van der Waals surface area contributed by atoms with E-state index >= 15 is 0 Å². The van der Waals surface area contributed by atoms with Crippen LogP contribution in [-0.2, 0) is 0 Å². The largest absolute Gasteiger partial charge is 0.311 e. The van der Waals surface area contributed by atoms with E-state index in [1.54, 1.807) is 0 Å². The minimum absolute atomic E-state index is 0.0698. The van der Waals surface area contributed by atoms with Crippen LogP contribution < -0.4 is 26.2 Å². The summed E-state index contributed by atoms with van der Waals surface area (Å²) in [6.07, 6.45) is 0. The van der Waals surface area contributed by atoms with Crippen LogP contribution in [0.15, 0.2) is 212 Å². The first kappa shape index (κ1) is 33.6. The molecule has 13 rings (SSSR count). The molecule has 2 nitrogen and oxygen atoms in total. The molecule has 0 aliphatic carbocycles. The molecule has 0 saturated heterocycles. The summed E-state index contributed by atoms with van der Waals surface area (Å²) >= 11 is 1.87. The minimum atomic E-state index is 0.0698. The number of para-hydroxylation sites is 2. The van der Waals surface area contributed by atoms with E-state index in [1.165, 1.54) is 103 Å². The van der Waals surface area contributed by atoms with Crippen molar-refractivity contribution < 1.29 is 0 Å². The third-order valence-electron chi connectivity index (χ3n) is 12.8. The molecular formula is C56H35BN2S. The Morgan fingerprint density at radius 2 is 1.05 bits per heavy atom. The van der Waals surface area contributed by atoms with Crippen LogP contribution in [-0.4, -0.2) is 6.71 Å². The normalized spacial score (nSPS) is 12.6. The van der Waals surface area contributed by atoms with Crippen LogP contribution in [0.3, 0.4) is 0 Å². The number of thiophene rings is 1. The molecule has 0 fully saturated rings. The van der Waals surface area contributed by atoms with E-state index in [-0.39, 0.29) is 6.71 Å². The Kier molecular flexibility index (Phi) is 7.30. The SMILES string of the molecule is c1ccc(N2c3ccccc3B3c4cc(N(c5cccc6ccccc56)c5cccc6ccccc56)ccc4-c4cc(-c5ccc6sc7ccccc7c6c5)cc2c43)cc1. The molecule has 3 heterocycles. The highest BCUT2D eigenvalue weighted by molar-refractivity contribution is 7.25. The maximum atomic E-state index is 2.50. The maximum absolute atomic E-state index is 2.50. The molecule has 1 aromatic heterocycles. The standard InChI is InChI=1S/C56H35BN2S/c1-2-18-40(19-3-1)58-52-24-10-9-23-48(52)57-49-35-41(59(50-25-12-16-36-14-4-6-20-42(36)50)51-26-13-17-37-15-5-7-21-43(37)51)29-30-44(49)47-33-39(34-53(58)56(47)57)38-28-31-55-46(32-38)45-22-8-11-27-54(45)60-55/h1-35H. The Balaban J connectivity index is 1.07. The van der Waals surface area contributed by atoms with Crippen LogP contribution in [0.2, 0.25) is 0 Å². The first-order chi connectivity index (χ1) is 29.8. The smallest absolute Gasteiger partial charge is 0.248 e. The van der Waals surface area contributed by atoms with Gasteiger partial charge in [-0.05, 0) is 117 Å². The van der Waals surface area contributed by atoms with Gasteiger partial charge in [-0.3, -0.25) is 0 Å². The van der Waals surface area contributed by atoms with Gasteiger partial charge in [0.05, 0.1) is 11.4 Å². The molecule has 10 aromatic carbocycles. The van der Waals surface area contributed by atoms with Crippen molar-refractivity contribution in [2.24, 2.45) is 0 Å². The Labute approximate surface area is 352 Å². The number of rotatable bonds is 5. The summed E-state index contributed by atoms with van der Waals surface area (Å²) in [5.74, 6) is 0. The first-order valence-corrected chi connectivity index (χ1v) is 21.5. The summed E-state index contributed by atoms with van der Waals surface area (Å²) in [5.41, 5.74) is 16.2. The van der Waals surface area contributed by atoms with E-state index in [1.807, 2.05) is 11.3 Å². The average Bonchev–Trinajstić information content (AvgIpc) is 3.85. The van der Waals surface area contributed by atoms with E-state index in [2.05, 4.69) is 222 Å². The zero-order valence-electron chi connectivity index (χ0n) is 32.6. The van der Waals surface area contributed by atoms with Crippen LogP contribution >= 0.6 is 11.3 Å². The van der Waals surface area contributed by atoms with Crippen molar-refractivity contribution in [3.63, 3.8) is 0 Å². The molecule has 0 atom stereocenters. The molecular weight excluding hydrogens is 744 g/mol. The molecule has 278 valence electrons. The molecule has 0 bridgehead atoms. The molecule has 2 aliphatic rings. The third-order valence-corrected chi connectivity index (χ3v) is 14.0. The predicted molar refractivity (Wildman–Crippen MR) is 259 cm³/mol. The van der Waals surface area contributed by atoms with Crippen molar-refractivity contribution in [1.29, 1.82) is 0 Å². The van der Waals surface area contributed by atoms with Crippen molar-refractivity contribution in [3.8, 4) is 22.3 Å². The van der Waals surface area contributed by atoms with Gasteiger partial charge in [0.15, 0.2) is 0 Å². The van der Waals surface area contributed by atoms with Crippen LogP contribution in [0.4, 0.5) is 34.1 Å². The second-order valence-electron chi connectivity index (χ2n) is 16.0. The van der Waals surface area contributed by atoms with E-state index in [0.29, 0.717) is 0 Å². The molecule has 0 radical (unpaired) electrons. The van der Waals surface area contributed by atoms with Crippen LogP contribution in [0.1, 0.15) is 0 Å². The third kappa shape index (κ3) is 4.95. The van der Waals surface area contributed by atoms with Gasteiger partial charge in [-0.25, -0.2) is 0 Å². The first-order valence-electron chi connectivity index (χ1n) is 20.7. The van der Waals surface area contributed by atoms with Gasteiger partial charge in [-0.15, -0.1) is 11.3 Å². The highest BCUT2D eigenvalue weighted by Crippen LogP contribution is 2.46. The summed E-state index contributed by atoms with van der Waals surface area (Å²) in [6.45, 7) is 0.0698. The van der Waals surface area contributed by atoms with Gasteiger partial charge in [0, 0.05) is 53.7 Å². The molecule has 60 heavy (non-hydrogen) atoms. The lowest BCUT2D eigenvalue weighted by Gasteiger charge is -2.36. The van der Waals surface area contributed by atoms with Crippen molar-refractivity contribution in [3.05, 3.63) is 212 Å². The van der Waals surface area contributed by atoms with Gasteiger partial charge in [0.2, 0.25) is 6.71 Å². The quantitative estimate of drug-likeness (QED) is 0.161. The van der Waals surface area contributed by atoms with Gasteiger partial charge in [0.1, 0.15) is 0 Å². The average molecular weight is 779 g/mol. The van der Waals surface area contributed by atoms with E-state index in [9.17, 15) is 0 Å². The topological polar surface area (TPSA) is 6.48 Å². The number of fused-ring (bicyclic) bond motifs is 10. The van der Waals surface area contributed by atoms with Crippen molar-refractivity contribution in [2.75, 3.05) is 9.80 Å². The summed E-state index contributed by atoms with van der Waals surface area (Å²) in [4.78, 5) is 4.99. The zero-order valence-corrected chi connectivity index (χ0v) is 33.4. The van der Waals surface area contributed by atoms with Crippen LogP contribution in [0.5, 0.6) is 0 Å². The van der Waals surface area contributed by atoms with Gasteiger partial charge < -0.3 is 9.80 Å². The molecule has 4 heteroatoms. The Morgan fingerprint density at radius 1 is 0.400 bits per heavy atom. The Bertz CT molecular complexity index is 3440. The van der Waals surface area contributed by atoms with Gasteiger partial charge >= 0.3 is 0 Å². The molecule has 0 unspecified atom stereocenters. The fourth-order valence-corrected chi connectivity index (χ4v) is 11.3. The lowest BCUT2D eigenvalue weighted by atomic mass is 9.37. The van der Waals surface area contributed by atoms with Gasteiger partial charge in [-0.2, -0.15) is 0 Å². The van der Waals surface area contributed by atoms with Crippen molar-refractivity contribution in [1.82, 2.24) is 0 Å². The monoisotopic (exact) mass is 778 g/mol. The summed E-state index contributed by atoms with van der Waals surface area (Å²) < 4.78 is 2.65. The second kappa shape index (κ2) is 13.1. The fraction of sp³-hybridized carbons (Fsp3) is 0. The van der Waals surface area contributed by atoms with Crippen LogP contribution in [0.25, 0.3) is 64.0 Å². The maximum Gasteiger partial charge on any atom is 0.248 e. The number of anilines is 6. The predicted octanol–water partition coefficient (Wildman–Crippen LogP) is 13.8. The Hall–Kier alpha value is -7.40. The van der Waals surface area contributed by atoms with Gasteiger partial charge in [-0.1, -0.05) is 145 Å².